The number of hydrogen-bond acceptors (Lipinski definition) is 4. The summed E-state index contributed by atoms with van der Waals surface area (Å²) >= 11 is 0. The quantitative estimate of drug-likeness (QED) is 0.628. The van der Waals surface area contributed by atoms with Crippen LogP contribution in [0.4, 0.5) is 0 Å². The maximum absolute atomic E-state index is 11.9. The molecule has 1 aliphatic heterocycles. The van der Waals surface area contributed by atoms with Crippen molar-refractivity contribution in [2.75, 3.05) is 32.7 Å². The average molecular weight is 271 g/mol. The minimum atomic E-state index is -0.959. The number of carbonyl (C=O) groups is 2. The van der Waals surface area contributed by atoms with Crippen LogP contribution in [-0.4, -0.2) is 60.6 Å². The molecule has 1 atom stereocenters. The van der Waals surface area contributed by atoms with E-state index in [2.05, 4.69) is 15.5 Å². The highest BCUT2D eigenvalue weighted by Gasteiger charge is 2.22. The second-order valence-corrected chi connectivity index (χ2v) is 5.47. The molecule has 0 aliphatic carbocycles. The Balaban J connectivity index is 2.40. The van der Waals surface area contributed by atoms with Gasteiger partial charge < -0.3 is 15.7 Å². The zero-order valence-electron chi connectivity index (χ0n) is 11.8. The first kappa shape index (κ1) is 15.9. The number of aliphatic carboxylic acids is 1. The van der Waals surface area contributed by atoms with Crippen LogP contribution in [0.2, 0.25) is 0 Å². The van der Waals surface area contributed by atoms with Crippen molar-refractivity contribution in [3.05, 3.63) is 0 Å². The highest BCUT2D eigenvalue weighted by atomic mass is 16.4. The van der Waals surface area contributed by atoms with Crippen LogP contribution < -0.4 is 10.6 Å². The number of rotatable bonds is 6. The molecule has 0 bridgehead atoms. The van der Waals surface area contributed by atoms with Crippen LogP contribution in [-0.2, 0) is 9.59 Å². The van der Waals surface area contributed by atoms with Gasteiger partial charge >= 0.3 is 5.97 Å². The van der Waals surface area contributed by atoms with E-state index < -0.39 is 12.0 Å². The molecule has 0 aromatic rings. The third kappa shape index (κ3) is 6.54. The first-order valence-corrected chi connectivity index (χ1v) is 6.94. The third-order valence-electron chi connectivity index (χ3n) is 3.14. The lowest BCUT2D eigenvalue weighted by Crippen LogP contribution is -2.46. The van der Waals surface area contributed by atoms with Crippen molar-refractivity contribution in [2.45, 2.75) is 32.7 Å². The van der Waals surface area contributed by atoms with Gasteiger partial charge in [0.25, 0.3) is 0 Å². The Morgan fingerprint density at radius 2 is 2.05 bits per heavy atom. The molecule has 6 nitrogen and oxygen atoms in total. The largest absolute Gasteiger partial charge is 0.480 e. The SMILES string of the molecule is CC(C)C[C@@H](NC(=O)CN1CCCNCC1)C(=O)O. The molecule has 1 fully saturated rings. The Kier molecular flexibility index (Phi) is 6.80. The van der Waals surface area contributed by atoms with Crippen LogP contribution in [0.3, 0.4) is 0 Å². The summed E-state index contributed by atoms with van der Waals surface area (Å²) < 4.78 is 0. The van der Waals surface area contributed by atoms with Crippen molar-refractivity contribution >= 4 is 11.9 Å². The maximum atomic E-state index is 11.9. The first-order valence-electron chi connectivity index (χ1n) is 6.94. The Labute approximate surface area is 114 Å². The molecule has 6 heteroatoms. The second kappa shape index (κ2) is 8.12. The fourth-order valence-electron chi connectivity index (χ4n) is 2.20. The summed E-state index contributed by atoms with van der Waals surface area (Å²) in [7, 11) is 0. The minimum Gasteiger partial charge on any atom is -0.480 e. The average Bonchev–Trinajstić information content (AvgIpc) is 2.56. The molecule has 0 aromatic carbocycles. The van der Waals surface area contributed by atoms with Crippen molar-refractivity contribution in [3.63, 3.8) is 0 Å². The van der Waals surface area contributed by atoms with Gasteiger partial charge in [-0.15, -0.1) is 0 Å². The fourth-order valence-corrected chi connectivity index (χ4v) is 2.20. The zero-order valence-corrected chi connectivity index (χ0v) is 11.8. The molecule has 1 saturated heterocycles. The van der Waals surface area contributed by atoms with E-state index >= 15 is 0 Å². The lowest BCUT2D eigenvalue weighted by atomic mass is 10.0. The number of nitrogens with zero attached hydrogens (tertiary/aromatic N) is 1. The van der Waals surface area contributed by atoms with Crippen molar-refractivity contribution < 1.29 is 14.7 Å². The Morgan fingerprint density at radius 3 is 2.68 bits per heavy atom. The van der Waals surface area contributed by atoms with Gasteiger partial charge in [0, 0.05) is 13.1 Å². The van der Waals surface area contributed by atoms with E-state index in [0.29, 0.717) is 6.42 Å². The number of carboxylic acids is 1. The van der Waals surface area contributed by atoms with Gasteiger partial charge in [-0.2, -0.15) is 0 Å². The van der Waals surface area contributed by atoms with E-state index in [9.17, 15) is 9.59 Å². The van der Waals surface area contributed by atoms with Gasteiger partial charge in [0.2, 0.25) is 5.91 Å². The Morgan fingerprint density at radius 1 is 1.32 bits per heavy atom. The summed E-state index contributed by atoms with van der Waals surface area (Å²) in [6.45, 7) is 7.73. The fraction of sp³-hybridized carbons (Fsp3) is 0.846. The summed E-state index contributed by atoms with van der Waals surface area (Å²) in [5.41, 5.74) is 0. The second-order valence-electron chi connectivity index (χ2n) is 5.47. The molecule has 0 saturated carbocycles. The molecule has 0 aromatic heterocycles. The zero-order chi connectivity index (χ0) is 14.3. The summed E-state index contributed by atoms with van der Waals surface area (Å²) in [5, 5.41) is 15.0. The van der Waals surface area contributed by atoms with Gasteiger partial charge in [-0.25, -0.2) is 4.79 Å². The van der Waals surface area contributed by atoms with Gasteiger partial charge in [0.05, 0.1) is 6.54 Å². The molecule has 0 radical (unpaired) electrons. The highest BCUT2D eigenvalue weighted by Crippen LogP contribution is 2.05. The van der Waals surface area contributed by atoms with E-state index in [-0.39, 0.29) is 18.4 Å². The van der Waals surface area contributed by atoms with E-state index in [4.69, 9.17) is 5.11 Å². The van der Waals surface area contributed by atoms with E-state index in [1.807, 2.05) is 13.8 Å². The molecule has 0 spiro atoms. The number of carboxylic acid groups (broad SMARTS) is 1. The first-order chi connectivity index (χ1) is 8.99. The smallest absolute Gasteiger partial charge is 0.326 e. The number of carbonyl (C=O) groups excluding carboxylic acids is 1. The molecule has 1 heterocycles. The van der Waals surface area contributed by atoms with Gasteiger partial charge in [-0.1, -0.05) is 13.8 Å². The molecule has 0 unspecified atom stereocenters. The lowest BCUT2D eigenvalue weighted by Gasteiger charge is -2.21. The van der Waals surface area contributed by atoms with Crippen LogP contribution in [0.5, 0.6) is 0 Å². The molecular weight excluding hydrogens is 246 g/mol. The van der Waals surface area contributed by atoms with E-state index in [0.717, 1.165) is 32.6 Å². The summed E-state index contributed by atoms with van der Waals surface area (Å²) in [6.07, 6.45) is 1.48. The van der Waals surface area contributed by atoms with Gasteiger partial charge in [-0.05, 0) is 31.8 Å². The molecule has 19 heavy (non-hydrogen) atoms. The van der Waals surface area contributed by atoms with Crippen LogP contribution in [0.15, 0.2) is 0 Å². The highest BCUT2D eigenvalue weighted by molar-refractivity contribution is 5.84. The van der Waals surface area contributed by atoms with Crippen molar-refractivity contribution in [1.29, 1.82) is 0 Å². The molecule has 1 aliphatic rings. The van der Waals surface area contributed by atoms with E-state index in [1.165, 1.54) is 0 Å². The van der Waals surface area contributed by atoms with Crippen molar-refractivity contribution in [2.24, 2.45) is 5.92 Å². The molecule has 1 rings (SSSR count). The van der Waals surface area contributed by atoms with E-state index in [1.54, 1.807) is 0 Å². The minimum absolute atomic E-state index is 0.199. The van der Waals surface area contributed by atoms with Crippen LogP contribution >= 0.6 is 0 Å². The van der Waals surface area contributed by atoms with Gasteiger partial charge in [0.1, 0.15) is 6.04 Å². The predicted octanol–water partition coefficient (Wildman–Crippen LogP) is -0.103. The van der Waals surface area contributed by atoms with Gasteiger partial charge in [-0.3, -0.25) is 9.69 Å². The Hall–Kier alpha value is -1.14. The van der Waals surface area contributed by atoms with Crippen LogP contribution in [0.25, 0.3) is 0 Å². The third-order valence-corrected chi connectivity index (χ3v) is 3.14. The molecule has 110 valence electrons. The monoisotopic (exact) mass is 271 g/mol. The van der Waals surface area contributed by atoms with Crippen molar-refractivity contribution in [3.8, 4) is 0 Å². The predicted molar refractivity (Wildman–Crippen MR) is 72.9 cm³/mol. The maximum Gasteiger partial charge on any atom is 0.326 e. The summed E-state index contributed by atoms with van der Waals surface area (Å²) in [5.74, 6) is -0.918. The number of hydrogen-bond donors (Lipinski definition) is 3. The molecular formula is C13H25N3O3. The normalized spacial score (nSPS) is 18.9. The number of amides is 1. The van der Waals surface area contributed by atoms with Crippen LogP contribution in [0.1, 0.15) is 26.7 Å². The van der Waals surface area contributed by atoms with Gasteiger partial charge in [0.15, 0.2) is 0 Å². The Bertz CT molecular complexity index is 300. The lowest BCUT2D eigenvalue weighted by molar-refractivity contribution is -0.142. The topological polar surface area (TPSA) is 81.7 Å². The standard InChI is InChI=1S/C13H25N3O3/c1-10(2)8-11(13(18)19)15-12(17)9-16-6-3-4-14-5-7-16/h10-11,14H,3-9H2,1-2H3,(H,15,17)(H,18,19)/t11-/m1/s1. The van der Waals surface area contributed by atoms with Crippen molar-refractivity contribution in [1.82, 2.24) is 15.5 Å². The number of nitrogens with one attached hydrogen (secondary N) is 2. The molecule has 1 amide bonds. The summed E-state index contributed by atoms with van der Waals surface area (Å²) in [6, 6.07) is -0.780. The summed E-state index contributed by atoms with van der Waals surface area (Å²) in [4.78, 5) is 25.0. The molecule has 3 N–H and O–H groups in total. The van der Waals surface area contributed by atoms with Crippen LogP contribution in [0, 0.1) is 5.92 Å².